The summed E-state index contributed by atoms with van der Waals surface area (Å²) in [6.45, 7) is 4.71. The second-order valence-corrected chi connectivity index (χ2v) is 7.19. The maximum absolute atomic E-state index is 12.6. The number of hydrogen-bond acceptors (Lipinski definition) is 11. The molecule has 0 bridgehead atoms. The first kappa shape index (κ1) is 23.3. The lowest BCUT2D eigenvalue weighted by molar-refractivity contribution is 0.0582. The predicted molar refractivity (Wildman–Crippen MR) is 111 cm³/mol. The number of aryl methyl sites for hydroxylation is 1. The van der Waals surface area contributed by atoms with Crippen molar-refractivity contribution in [1.82, 2.24) is 25.5 Å². The van der Waals surface area contributed by atoms with Crippen LogP contribution in [0.25, 0.3) is 0 Å². The molecule has 2 heterocycles. The van der Waals surface area contributed by atoms with Crippen molar-refractivity contribution >= 4 is 17.8 Å². The Morgan fingerprint density at radius 2 is 1.70 bits per heavy atom. The van der Waals surface area contributed by atoms with Crippen LogP contribution in [0.1, 0.15) is 57.1 Å². The Labute approximate surface area is 188 Å². The Kier molecular flexibility index (Phi) is 6.66. The zero-order valence-electron chi connectivity index (χ0n) is 18.5. The molecule has 3 rings (SSSR count). The molecule has 12 heteroatoms. The van der Waals surface area contributed by atoms with E-state index in [1.165, 1.54) is 7.11 Å². The largest absolute Gasteiger partial charge is 0.478 e. The van der Waals surface area contributed by atoms with Crippen molar-refractivity contribution in [3.8, 4) is 11.6 Å². The van der Waals surface area contributed by atoms with E-state index in [1.54, 1.807) is 51.1 Å². The van der Waals surface area contributed by atoms with Crippen LogP contribution in [0.3, 0.4) is 0 Å². The SMILES string of the molecule is COC(=O)c1nc(C(C)(C)NC(=O)c2nnc(C)o2)nc(OC)c1OC(=O)c1ccccc1. The Balaban J connectivity index is 2.00. The summed E-state index contributed by atoms with van der Waals surface area (Å²) < 4.78 is 20.6. The Hall–Kier alpha value is -4.35. The number of hydrogen-bond donors (Lipinski definition) is 1. The number of benzene rings is 1. The van der Waals surface area contributed by atoms with Crippen LogP contribution in [0.4, 0.5) is 0 Å². The van der Waals surface area contributed by atoms with E-state index in [2.05, 4.69) is 25.5 Å². The standard InChI is InChI=1S/C21H21N5O7/c1-11-25-26-17(32-11)15(27)24-21(2,3)20-22-13(19(29)31-5)14(16(23-20)30-4)33-18(28)12-9-7-6-8-10-12/h6-10H,1-5H3,(H,24,27). The summed E-state index contributed by atoms with van der Waals surface area (Å²) in [7, 11) is 2.42. The minimum absolute atomic E-state index is 0.0242. The molecule has 0 radical (unpaired) electrons. The minimum Gasteiger partial charge on any atom is -0.478 e. The predicted octanol–water partition coefficient (Wildman–Crippen LogP) is 1.85. The third-order valence-corrected chi connectivity index (χ3v) is 4.32. The molecule has 172 valence electrons. The molecule has 0 saturated carbocycles. The summed E-state index contributed by atoms with van der Waals surface area (Å²) in [6.07, 6.45) is 0. The monoisotopic (exact) mass is 455 g/mol. The number of nitrogens with zero attached hydrogens (tertiary/aromatic N) is 4. The van der Waals surface area contributed by atoms with Crippen LogP contribution in [-0.4, -0.2) is 52.2 Å². The molecule has 0 unspecified atom stereocenters. The first-order chi connectivity index (χ1) is 15.7. The summed E-state index contributed by atoms with van der Waals surface area (Å²) in [5, 5.41) is 9.93. The number of ether oxygens (including phenoxy) is 3. The van der Waals surface area contributed by atoms with Crippen LogP contribution in [0.15, 0.2) is 34.7 Å². The van der Waals surface area contributed by atoms with Gasteiger partial charge in [0.1, 0.15) is 0 Å². The molecule has 0 aliphatic heterocycles. The second kappa shape index (κ2) is 9.42. The highest BCUT2D eigenvalue weighted by atomic mass is 16.6. The molecule has 0 saturated heterocycles. The molecule has 1 aromatic carbocycles. The normalized spacial score (nSPS) is 10.9. The lowest BCUT2D eigenvalue weighted by Gasteiger charge is -2.25. The number of aromatic nitrogens is 4. The van der Waals surface area contributed by atoms with E-state index in [9.17, 15) is 14.4 Å². The van der Waals surface area contributed by atoms with Gasteiger partial charge in [-0.1, -0.05) is 18.2 Å². The molecule has 0 spiro atoms. The topological polar surface area (TPSA) is 156 Å². The van der Waals surface area contributed by atoms with Crippen LogP contribution < -0.4 is 14.8 Å². The van der Waals surface area contributed by atoms with Crippen LogP contribution in [0, 0.1) is 6.92 Å². The maximum Gasteiger partial charge on any atom is 0.360 e. The molecule has 0 aliphatic rings. The molecule has 0 fully saturated rings. The summed E-state index contributed by atoms with van der Waals surface area (Å²) in [5.41, 5.74) is -1.36. The maximum atomic E-state index is 12.6. The van der Waals surface area contributed by atoms with Gasteiger partial charge in [-0.2, -0.15) is 4.98 Å². The summed E-state index contributed by atoms with van der Waals surface area (Å²) in [6, 6.07) is 8.14. The zero-order valence-corrected chi connectivity index (χ0v) is 18.5. The fraction of sp³-hybridized carbons (Fsp3) is 0.286. The number of rotatable bonds is 7. The highest BCUT2D eigenvalue weighted by Crippen LogP contribution is 2.32. The first-order valence-electron chi connectivity index (χ1n) is 9.61. The second-order valence-electron chi connectivity index (χ2n) is 7.19. The number of methoxy groups -OCH3 is 2. The van der Waals surface area contributed by atoms with E-state index in [4.69, 9.17) is 18.6 Å². The Morgan fingerprint density at radius 3 is 2.27 bits per heavy atom. The molecule has 2 aromatic heterocycles. The third-order valence-electron chi connectivity index (χ3n) is 4.32. The van der Waals surface area contributed by atoms with E-state index in [1.807, 2.05) is 0 Å². The average Bonchev–Trinajstić information content (AvgIpc) is 3.25. The van der Waals surface area contributed by atoms with Gasteiger partial charge >= 0.3 is 23.7 Å². The van der Waals surface area contributed by atoms with Crippen molar-refractivity contribution in [2.24, 2.45) is 0 Å². The van der Waals surface area contributed by atoms with Crippen molar-refractivity contribution in [2.45, 2.75) is 26.3 Å². The lowest BCUT2D eigenvalue weighted by atomic mass is 10.0. The van der Waals surface area contributed by atoms with Gasteiger partial charge in [0.25, 0.3) is 5.88 Å². The molecule has 33 heavy (non-hydrogen) atoms. The van der Waals surface area contributed by atoms with Gasteiger partial charge in [-0.05, 0) is 26.0 Å². The van der Waals surface area contributed by atoms with Gasteiger partial charge in [0.05, 0.1) is 25.3 Å². The summed E-state index contributed by atoms with van der Waals surface area (Å²) in [5.74, 6) is -2.93. The fourth-order valence-electron chi connectivity index (χ4n) is 2.68. The van der Waals surface area contributed by atoms with Gasteiger partial charge in [-0.3, -0.25) is 4.79 Å². The van der Waals surface area contributed by atoms with Crippen LogP contribution in [-0.2, 0) is 10.3 Å². The highest BCUT2D eigenvalue weighted by Gasteiger charge is 2.34. The van der Waals surface area contributed by atoms with Gasteiger partial charge in [0.2, 0.25) is 11.6 Å². The number of nitrogens with one attached hydrogen (secondary N) is 1. The van der Waals surface area contributed by atoms with Crippen molar-refractivity contribution in [3.05, 3.63) is 59.2 Å². The smallest absolute Gasteiger partial charge is 0.360 e. The van der Waals surface area contributed by atoms with Crippen LogP contribution in [0.2, 0.25) is 0 Å². The summed E-state index contributed by atoms with van der Waals surface area (Å²) in [4.78, 5) is 46.0. The molecule has 0 aliphatic carbocycles. The van der Waals surface area contributed by atoms with Crippen molar-refractivity contribution < 1.29 is 33.0 Å². The fourth-order valence-corrected chi connectivity index (χ4v) is 2.68. The number of amides is 1. The third kappa shape index (κ3) is 5.11. The zero-order chi connectivity index (χ0) is 24.2. The van der Waals surface area contributed by atoms with Crippen molar-refractivity contribution in [1.29, 1.82) is 0 Å². The van der Waals surface area contributed by atoms with Gasteiger partial charge < -0.3 is 23.9 Å². The van der Waals surface area contributed by atoms with E-state index in [0.29, 0.717) is 0 Å². The Bertz CT molecular complexity index is 1190. The van der Waals surface area contributed by atoms with E-state index in [0.717, 1.165) is 7.11 Å². The number of carbonyl (C=O) groups excluding carboxylic acids is 3. The van der Waals surface area contributed by atoms with Gasteiger partial charge in [0, 0.05) is 6.92 Å². The minimum atomic E-state index is -1.24. The lowest BCUT2D eigenvalue weighted by Crippen LogP contribution is -2.43. The molecular formula is C21H21N5O7. The van der Waals surface area contributed by atoms with E-state index in [-0.39, 0.29) is 40.5 Å². The number of esters is 2. The molecule has 12 nitrogen and oxygen atoms in total. The molecule has 1 amide bonds. The van der Waals surface area contributed by atoms with E-state index < -0.39 is 23.4 Å². The van der Waals surface area contributed by atoms with Gasteiger partial charge in [0.15, 0.2) is 11.5 Å². The number of carbonyl (C=O) groups is 3. The molecular weight excluding hydrogens is 434 g/mol. The van der Waals surface area contributed by atoms with Gasteiger partial charge in [-0.25, -0.2) is 14.6 Å². The quantitative estimate of drug-likeness (QED) is 0.519. The van der Waals surface area contributed by atoms with Crippen molar-refractivity contribution in [3.63, 3.8) is 0 Å². The highest BCUT2D eigenvalue weighted by molar-refractivity contribution is 5.95. The summed E-state index contributed by atoms with van der Waals surface area (Å²) >= 11 is 0. The first-order valence-corrected chi connectivity index (χ1v) is 9.61. The Morgan fingerprint density at radius 1 is 1.00 bits per heavy atom. The van der Waals surface area contributed by atoms with E-state index >= 15 is 0 Å². The molecule has 1 N–H and O–H groups in total. The van der Waals surface area contributed by atoms with Gasteiger partial charge in [-0.15, -0.1) is 10.2 Å². The average molecular weight is 455 g/mol. The molecule has 0 atom stereocenters. The van der Waals surface area contributed by atoms with Crippen LogP contribution >= 0.6 is 0 Å². The molecule has 3 aromatic rings. The van der Waals surface area contributed by atoms with Crippen LogP contribution in [0.5, 0.6) is 11.6 Å². The van der Waals surface area contributed by atoms with Crippen molar-refractivity contribution in [2.75, 3.05) is 14.2 Å².